The molecule has 2 rings (SSSR count). The van der Waals surface area contributed by atoms with E-state index in [0.717, 1.165) is 19.7 Å². The summed E-state index contributed by atoms with van der Waals surface area (Å²) in [6.07, 6.45) is 0.206. The van der Waals surface area contributed by atoms with Gasteiger partial charge in [-0.1, -0.05) is 6.07 Å². The third-order valence-electron chi connectivity index (χ3n) is 4.37. The van der Waals surface area contributed by atoms with Crippen LogP contribution in [0.15, 0.2) is 6.07 Å². The maximum Gasteiger partial charge on any atom is 0.0894 e. The summed E-state index contributed by atoms with van der Waals surface area (Å²) in [6.45, 7) is 11.5. The molecule has 0 radical (unpaired) electrons. The fourth-order valence-electron chi connectivity index (χ4n) is 3.03. The highest BCUT2D eigenvalue weighted by Gasteiger charge is 2.27. The first kappa shape index (κ1) is 14.5. The summed E-state index contributed by atoms with van der Waals surface area (Å²) in [6, 6.07) is 2.53. The summed E-state index contributed by atoms with van der Waals surface area (Å²) < 4.78 is 5.95. The number of likely N-dealkylation sites (N-methyl/N-ethyl adjacent to an activating group) is 1. The number of hydrogen-bond donors (Lipinski definition) is 2. The second-order valence-corrected chi connectivity index (χ2v) is 5.55. The van der Waals surface area contributed by atoms with Crippen LogP contribution in [0.4, 0.5) is 0 Å². The van der Waals surface area contributed by atoms with E-state index >= 15 is 0 Å². The van der Waals surface area contributed by atoms with Crippen molar-refractivity contribution in [1.82, 2.24) is 10.6 Å². The van der Waals surface area contributed by atoms with Gasteiger partial charge in [0, 0.05) is 13.1 Å². The highest BCUT2D eigenvalue weighted by atomic mass is 16.5. The molecule has 0 aliphatic carbocycles. The average molecular weight is 262 g/mol. The summed E-state index contributed by atoms with van der Waals surface area (Å²) in [4.78, 5) is 0. The van der Waals surface area contributed by atoms with Gasteiger partial charge in [0.1, 0.15) is 0 Å². The van der Waals surface area contributed by atoms with E-state index < -0.39 is 0 Å². The molecule has 1 aliphatic rings. The fourth-order valence-corrected chi connectivity index (χ4v) is 3.03. The highest BCUT2D eigenvalue weighted by Crippen LogP contribution is 2.30. The van der Waals surface area contributed by atoms with Gasteiger partial charge in [-0.3, -0.25) is 0 Å². The molecule has 3 nitrogen and oxygen atoms in total. The Bertz CT molecular complexity index is 424. The molecule has 1 aliphatic heterocycles. The second-order valence-electron chi connectivity index (χ2n) is 5.55. The number of rotatable bonds is 3. The van der Waals surface area contributed by atoms with Gasteiger partial charge in [-0.2, -0.15) is 0 Å². The van der Waals surface area contributed by atoms with Crippen molar-refractivity contribution in [2.45, 2.75) is 39.8 Å². The van der Waals surface area contributed by atoms with Crippen LogP contribution in [0.1, 0.15) is 33.9 Å². The maximum atomic E-state index is 5.95. The Balaban J connectivity index is 2.42. The molecule has 0 amide bonds. The molecule has 1 aromatic carbocycles. The minimum Gasteiger partial charge on any atom is -0.374 e. The van der Waals surface area contributed by atoms with Gasteiger partial charge in [0.15, 0.2) is 0 Å². The Morgan fingerprint density at radius 2 is 1.84 bits per heavy atom. The molecule has 0 saturated carbocycles. The minimum atomic E-state index is 0.206. The van der Waals surface area contributed by atoms with Crippen LogP contribution < -0.4 is 10.6 Å². The van der Waals surface area contributed by atoms with Crippen molar-refractivity contribution in [2.75, 3.05) is 26.7 Å². The van der Waals surface area contributed by atoms with Gasteiger partial charge in [0.2, 0.25) is 0 Å². The molecular weight excluding hydrogens is 236 g/mol. The van der Waals surface area contributed by atoms with E-state index in [1.165, 1.54) is 27.8 Å². The van der Waals surface area contributed by atoms with Gasteiger partial charge in [0.25, 0.3) is 0 Å². The van der Waals surface area contributed by atoms with Crippen LogP contribution in [0.5, 0.6) is 0 Å². The third kappa shape index (κ3) is 2.83. The number of benzene rings is 1. The molecule has 2 N–H and O–H groups in total. The zero-order valence-corrected chi connectivity index (χ0v) is 12.8. The van der Waals surface area contributed by atoms with Gasteiger partial charge in [-0.25, -0.2) is 0 Å². The first-order chi connectivity index (χ1) is 9.06. The SMILES string of the molecule is CNC(c1c(C)c(C)cc(C)c1C)C1CNCCO1. The van der Waals surface area contributed by atoms with Gasteiger partial charge in [0.05, 0.1) is 18.8 Å². The summed E-state index contributed by atoms with van der Waals surface area (Å²) in [7, 11) is 2.03. The number of aryl methyl sites for hydroxylation is 2. The monoisotopic (exact) mass is 262 g/mol. The lowest BCUT2D eigenvalue weighted by atomic mass is 9.87. The van der Waals surface area contributed by atoms with E-state index in [9.17, 15) is 0 Å². The Morgan fingerprint density at radius 3 is 2.32 bits per heavy atom. The largest absolute Gasteiger partial charge is 0.374 e. The number of nitrogens with one attached hydrogen (secondary N) is 2. The van der Waals surface area contributed by atoms with E-state index in [-0.39, 0.29) is 12.1 Å². The first-order valence-corrected chi connectivity index (χ1v) is 7.13. The number of hydrogen-bond acceptors (Lipinski definition) is 3. The second kappa shape index (κ2) is 6.04. The van der Waals surface area contributed by atoms with Crippen molar-refractivity contribution >= 4 is 0 Å². The normalized spacial score (nSPS) is 21.4. The predicted octanol–water partition coefficient (Wildman–Crippen LogP) is 2.17. The highest BCUT2D eigenvalue weighted by molar-refractivity contribution is 5.46. The Hall–Kier alpha value is -0.900. The smallest absolute Gasteiger partial charge is 0.0894 e. The molecular formula is C16H26N2O. The van der Waals surface area contributed by atoms with Gasteiger partial charge < -0.3 is 15.4 Å². The topological polar surface area (TPSA) is 33.3 Å². The maximum absolute atomic E-state index is 5.95. The lowest BCUT2D eigenvalue weighted by Crippen LogP contribution is -2.45. The zero-order chi connectivity index (χ0) is 14.0. The van der Waals surface area contributed by atoms with Gasteiger partial charge in [-0.15, -0.1) is 0 Å². The molecule has 19 heavy (non-hydrogen) atoms. The average Bonchev–Trinajstić information content (AvgIpc) is 2.42. The predicted molar refractivity (Wildman–Crippen MR) is 79.8 cm³/mol. The molecule has 0 bridgehead atoms. The van der Waals surface area contributed by atoms with Crippen molar-refractivity contribution in [2.24, 2.45) is 0 Å². The molecule has 0 spiro atoms. The summed E-state index contributed by atoms with van der Waals surface area (Å²) in [5, 5.41) is 6.88. The number of ether oxygens (including phenoxy) is 1. The third-order valence-corrected chi connectivity index (χ3v) is 4.37. The molecule has 0 aromatic heterocycles. The van der Waals surface area contributed by atoms with Crippen molar-refractivity contribution in [3.63, 3.8) is 0 Å². The van der Waals surface area contributed by atoms with Crippen LogP contribution in [0.2, 0.25) is 0 Å². The van der Waals surface area contributed by atoms with Gasteiger partial charge >= 0.3 is 0 Å². The summed E-state index contributed by atoms with van der Waals surface area (Å²) >= 11 is 0. The summed E-state index contributed by atoms with van der Waals surface area (Å²) in [5.74, 6) is 0. The molecule has 106 valence electrons. The zero-order valence-electron chi connectivity index (χ0n) is 12.8. The van der Waals surface area contributed by atoms with Gasteiger partial charge in [-0.05, 0) is 62.6 Å². The minimum absolute atomic E-state index is 0.206. The van der Waals surface area contributed by atoms with Crippen molar-refractivity contribution in [1.29, 1.82) is 0 Å². The molecule has 3 heteroatoms. The van der Waals surface area contributed by atoms with E-state index in [1.807, 2.05) is 7.05 Å². The lowest BCUT2D eigenvalue weighted by Gasteiger charge is -2.33. The van der Waals surface area contributed by atoms with E-state index in [4.69, 9.17) is 4.74 Å². The molecule has 1 aromatic rings. The molecule has 2 unspecified atom stereocenters. The molecule has 2 atom stereocenters. The van der Waals surface area contributed by atoms with Crippen molar-refractivity contribution in [3.8, 4) is 0 Å². The van der Waals surface area contributed by atoms with Crippen LogP contribution >= 0.6 is 0 Å². The van der Waals surface area contributed by atoms with E-state index in [1.54, 1.807) is 0 Å². The van der Waals surface area contributed by atoms with Crippen molar-refractivity contribution in [3.05, 3.63) is 33.9 Å². The quantitative estimate of drug-likeness (QED) is 0.876. The van der Waals surface area contributed by atoms with Crippen LogP contribution in [-0.2, 0) is 4.74 Å². The fraction of sp³-hybridized carbons (Fsp3) is 0.625. The van der Waals surface area contributed by atoms with Crippen LogP contribution in [0.25, 0.3) is 0 Å². The Morgan fingerprint density at radius 1 is 1.21 bits per heavy atom. The van der Waals surface area contributed by atoms with Crippen LogP contribution in [0.3, 0.4) is 0 Å². The Kier molecular flexibility index (Phi) is 4.61. The van der Waals surface area contributed by atoms with Crippen molar-refractivity contribution < 1.29 is 4.74 Å². The number of morpholine rings is 1. The van der Waals surface area contributed by atoms with E-state index in [2.05, 4.69) is 44.4 Å². The lowest BCUT2D eigenvalue weighted by molar-refractivity contribution is 0.00509. The van der Waals surface area contributed by atoms with E-state index in [0.29, 0.717) is 0 Å². The molecule has 1 saturated heterocycles. The summed E-state index contributed by atoms with van der Waals surface area (Å²) in [5.41, 5.74) is 6.91. The standard InChI is InChI=1S/C16H26N2O/c1-10-8-11(2)13(4)15(12(10)3)16(17-5)14-9-18-6-7-19-14/h8,14,16-18H,6-7,9H2,1-5H3. The Labute approximate surface area is 116 Å². The van der Waals surface area contributed by atoms with Crippen LogP contribution in [0, 0.1) is 27.7 Å². The molecule has 1 fully saturated rings. The first-order valence-electron chi connectivity index (χ1n) is 7.13. The molecule has 1 heterocycles. The van der Waals surface area contributed by atoms with Crippen LogP contribution in [-0.4, -0.2) is 32.8 Å².